The molecule has 1 saturated heterocycles. The molecule has 2 atom stereocenters. The van der Waals surface area contributed by atoms with E-state index in [0.29, 0.717) is 12.0 Å². The first kappa shape index (κ1) is 19.7. The lowest BCUT2D eigenvalue weighted by Crippen LogP contribution is -2.54. The summed E-state index contributed by atoms with van der Waals surface area (Å²) >= 11 is 5.68. The van der Waals surface area contributed by atoms with Gasteiger partial charge in [-0.3, -0.25) is 0 Å². The van der Waals surface area contributed by atoms with Crippen molar-refractivity contribution in [2.24, 2.45) is 0 Å². The lowest BCUT2D eigenvalue weighted by molar-refractivity contribution is 0.342. The smallest absolute Gasteiger partial charge is 0.173 e. The molecule has 3 rings (SSSR count). The molecule has 0 bridgehead atoms. The zero-order valence-corrected chi connectivity index (χ0v) is 17.7. The van der Waals surface area contributed by atoms with Crippen LogP contribution in [0.3, 0.4) is 0 Å². The van der Waals surface area contributed by atoms with Gasteiger partial charge < -0.3 is 15.1 Å². The molecule has 0 aromatic heterocycles. The van der Waals surface area contributed by atoms with Crippen molar-refractivity contribution in [3.8, 4) is 0 Å². The summed E-state index contributed by atoms with van der Waals surface area (Å²) < 4.78 is 0. The van der Waals surface area contributed by atoms with Gasteiger partial charge in [0.05, 0.1) is 0 Å². The highest BCUT2D eigenvalue weighted by Crippen LogP contribution is 2.23. The van der Waals surface area contributed by atoms with Crippen molar-refractivity contribution in [1.82, 2.24) is 4.90 Å². The minimum absolute atomic E-state index is 0.425. The van der Waals surface area contributed by atoms with Crippen molar-refractivity contribution in [2.75, 3.05) is 29.9 Å². The van der Waals surface area contributed by atoms with Crippen molar-refractivity contribution >= 4 is 28.7 Å². The van der Waals surface area contributed by atoms with Gasteiger partial charge in [-0.1, -0.05) is 43.7 Å². The molecule has 1 aliphatic heterocycles. The second kappa shape index (κ2) is 8.75. The molecule has 0 aliphatic carbocycles. The zero-order chi connectivity index (χ0) is 19.4. The van der Waals surface area contributed by atoms with E-state index in [-0.39, 0.29) is 0 Å². The van der Waals surface area contributed by atoms with Gasteiger partial charge in [-0.15, -0.1) is 0 Å². The average Bonchev–Trinajstić information content (AvgIpc) is 2.68. The lowest BCUT2D eigenvalue weighted by Gasteiger charge is -2.42. The third kappa shape index (κ3) is 4.81. The van der Waals surface area contributed by atoms with E-state index in [9.17, 15) is 0 Å². The van der Waals surface area contributed by atoms with Crippen LogP contribution in [-0.4, -0.2) is 35.7 Å². The third-order valence-corrected chi connectivity index (χ3v) is 5.98. The summed E-state index contributed by atoms with van der Waals surface area (Å²) in [6, 6.07) is 17.9. The summed E-state index contributed by atoms with van der Waals surface area (Å²) in [4.78, 5) is 4.76. The number of thiocarbonyl (C=S) groups is 1. The van der Waals surface area contributed by atoms with Gasteiger partial charge in [0.2, 0.25) is 0 Å². The second-order valence-corrected chi connectivity index (χ2v) is 8.07. The number of anilines is 2. The van der Waals surface area contributed by atoms with E-state index in [1.807, 2.05) is 0 Å². The van der Waals surface area contributed by atoms with E-state index in [4.69, 9.17) is 12.2 Å². The summed E-state index contributed by atoms with van der Waals surface area (Å²) in [5.74, 6) is 0.599. The average molecular weight is 382 g/mol. The van der Waals surface area contributed by atoms with Crippen LogP contribution in [0.4, 0.5) is 11.4 Å². The van der Waals surface area contributed by atoms with E-state index in [1.54, 1.807) is 0 Å². The normalized spacial score (nSPS) is 18.3. The van der Waals surface area contributed by atoms with Crippen molar-refractivity contribution in [3.63, 3.8) is 0 Å². The third-order valence-electron chi connectivity index (χ3n) is 5.62. The molecule has 0 spiro atoms. The molecule has 144 valence electrons. The molecule has 1 fully saturated rings. The van der Waals surface area contributed by atoms with Gasteiger partial charge in [0, 0.05) is 37.1 Å². The largest absolute Gasteiger partial charge is 0.365 e. The highest BCUT2D eigenvalue weighted by Gasteiger charge is 2.25. The maximum Gasteiger partial charge on any atom is 0.173 e. The molecule has 2 aromatic rings. The Hall–Kier alpha value is -2.07. The Balaban J connectivity index is 1.58. The summed E-state index contributed by atoms with van der Waals surface area (Å²) in [5.41, 5.74) is 5.05. The fourth-order valence-electron chi connectivity index (χ4n) is 3.60. The molecule has 0 radical (unpaired) electrons. The van der Waals surface area contributed by atoms with Crippen LogP contribution in [0, 0.1) is 6.92 Å². The Labute approximate surface area is 169 Å². The van der Waals surface area contributed by atoms with E-state index in [2.05, 4.69) is 91.3 Å². The van der Waals surface area contributed by atoms with Crippen LogP contribution in [0.15, 0.2) is 48.5 Å². The summed E-state index contributed by atoms with van der Waals surface area (Å²) in [5, 5.41) is 4.24. The summed E-state index contributed by atoms with van der Waals surface area (Å²) in [7, 11) is 0. The second-order valence-electron chi connectivity index (χ2n) is 7.69. The molecule has 0 saturated carbocycles. The van der Waals surface area contributed by atoms with Gasteiger partial charge in [0.25, 0.3) is 0 Å². The summed E-state index contributed by atoms with van der Waals surface area (Å²) in [6.07, 6.45) is 1.16. The number of piperazine rings is 1. The minimum Gasteiger partial charge on any atom is -0.365 e. The molecule has 27 heavy (non-hydrogen) atoms. The Morgan fingerprint density at radius 2 is 1.78 bits per heavy atom. The standard InChI is InChI=1S/C23H31N3S/c1-5-18(3)20-8-10-21(11-9-20)24-23(27)25-14-15-26(19(4)16-25)22-12-6-17(2)7-13-22/h6-13,18-19H,5,14-16H2,1-4H3,(H,24,27). The van der Waals surface area contributed by atoms with Gasteiger partial charge in [0.1, 0.15) is 0 Å². The molecule has 1 N–H and O–H groups in total. The number of hydrogen-bond acceptors (Lipinski definition) is 2. The number of nitrogens with zero attached hydrogens (tertiary/aromatic N) is 2. The van der Waals surface area contributed by atoms with E-state index < -0.39 is 0 Å². The Bertz CT molecular complexity index is 754. The van der Waals surface area contributed by atoms with Gasteiger partial charge in [-0.2, -0.15) is 0 Å². The minimum atomic E-state index is 0.425. The quantitative estimate of drug-likeness (QED) is 0.713. The lowest BCUT2D eigenvalue weighted by atomic mass is 9.99. The predicted octanol–water partition coefficient (Wildman–Crippen LogP) is 5.42. The SMILES string of the molecule is CCC(C)c1ccc(NC(=S)N2CCN(c3ccc(C)cc3)C(C)C2)cc1. The Morgan fingerprint density at radius 3 is 2.37 bits per heavy atom. The number of hydrogen-bond donors (Lipinski definition) is 1. The highest BCUT2D eigenvalue weighted by atomic mass is 32.1. The first-order valence-corrected chi connectivity index (χ1v) is 10.4. The van der Waals surface area contributed by atoms with E-state index in [1.165, 1.54) is 16.8 Å². The van der Waals surface area contributed by atoms with Crippen LogP contribution in [0.2, 0.25) is 0 Å². The Kier molecular flexibility index (Phi) is 6.38. The monoisotopic (exact) mass is 381 g/mol. The fraction of sp³-hybridized carbons (Fsp3) is 0.435. The van der Waals surface area contributed by atoms with Gasteiger partial charge in [-0.05, 0) is 68.2 Å². The molecule has 1 heterocycles. The molecule has 4 heteroatoms. The first-order valence-electron chi connectivity index (χ1n) is 9.97. The van der Waals surface area contributed by atoms with Crippen LogP contribution in [0.25, 0.3) is 0 Å². The highest BCUT2D eigenvalue weighted by molar-refractivity contribution is 7.80. The van der Waals surface area contributed by atoms with Gasteiger partial charge in [-0.25, -0.2) is 0 Å². The van der Waals surface area contributed by atoms with Crippen LogP contribution in [-0.2, 0) is 0 Å². The van der Waals surface area contributed by atoms with Crippen molar-refractivity contribution in [3.05, 3.63) is 59.7 Å². The molecule has 2 unspecified atom stereocenters. The number of nitrogens with one attached hydrogen (secondary N) is 1. The maximum atomic E-state index is 5.68. The molecule has 2 aromatic carbocycles. The molecule has 3 nitrogen and oxygen atoms in total. The molecule has 0 amide bonds. The summed E-state index contributed by atoms with van der Waals surface area (Å²) in [6.45, 7) is 11.8. The predicted molar refractivity (Wildman–Crippen MR) is 121 cm³/mol. The van der Waals surface area contributed by atoms with Crippen molar-refractivity contribution in [1.29, 1.82) is 0 Å². The van der Waals surface area contributed by atoms with Crippen LogP contribution in [0.1, 0.15) is 44.2 Å². The number of rotatable bonds is 4. The Morgan fingerprint density at radius 1 is 1.11 bits per heavy atom. The van der Waals surface area contributed by atoms with Crippen LogP contribution in [0.5, 0.6) is 0 Å². The van der Waals surface area contributed by atoms with Gasteiger partial charge >= 0.3 is 0 Å². The molecule has 1 aliphatic rings. The topological polar surface area (TPSA) is 18.5 Å². The van der Waals surface area contributed by atoms with Crippen molar-refractivity contribution < 1.29 is 0 Å². The van der Waals surface area contributed by atoms with E-state index in [0.717, 1.165) is 36.9 Å². The zero-order valence-electron chi connectivity index (χ0n) is 16.9. The van der Waals surface area contributed by atoms with Crippen LogP contribution < -0.4 is 10.2 Å². The fourth-order valence-corrected chi connectivity index (χ4v) is 3.88. The van der Waals surface area contributed by atoms with Crippen LogP contribution >= 0.6 is 12.2 Å². The number of benzene rings is 2. The van der Waals surface area contributed by atoms with E-state index >= 15 is 0 Å². The van der Waals surface area contributed by atoms with Gasteiger partial charge in [0.15, 0.2) is 5.11 Å². The molecular weight excluding hydrogens is 350 g/mol. The first-order chi connectivity index (χ1) is 13.0. The van der Waals surface area contributed by atoms with Crippen molar-refractivity contribution in [2.45, 2.75) is 46.1 Å². The number of aryl methyl sites for hydroxylation is 1. The maximum absolute atomic E-state index is 5.68. The molecular formula is C23H31N3S.